The Kier molecular flexibility index (Phi) is 4.17. The Morgan fingerprint density at radius 1 is 0.824 bits per heavy atom. The van der Waals surface area contributed by atoms with E-state index in [4.69, 9.17) is 9.47 Å². The molecule has 0 saturated heterocycles. The van der Waals surface area contributed by atoms with Crippen LogP contribution in [0.2, 0.25) is 0 Å². The van der Waals surface area contributed by atoms with E-state index in [2.05, 4.69) is 36.4 Å². The Morgan fingerprint density at radius 2 is 1.47 bits per heavy atom. The molecule has 0 radical (unpaired) electrons. The summed E-state index contributed by atoms with van der Waals surface area (Å²) in [6.07, 6.45) is 0.950. The maximum absolute atomic E-state index is 5.34. The van der Waals surface area contributed by atoms with Crippen molar-refractivity contribution in [1.29, 1.82) is 0 Å². The second-order valence-corrected chi connectivity index (χ2v) is 3.86. The van der Waals surface area contributed by atoms with Crippen LogP contribution in [0.25, 0.3) is 0 Å². The monoisotopic (exact) mass is 228 g/mol. The molecule has 2 nitrogen and oxygen atoms in total. The second kappa shape index (κ2) is 6.06. The van der Waals surface area contributed by atoms with E-state index < -0.39 is 0 Å². The van der Waals surface area contributed by atoms with E-state index in [9.17, 15) is 0 Å². The van der Waals surface area contributed by atoms with Crippen LogP contribution in [0, 0.1) is 0 Å². The lowest BCUT2D eigenvalue weighted by molar-refractivity contribution is 0.0511. The molecule has 2 heteroatoms. The third kappa shape index (κ3) is 3.61. The molecule has 0 aliphatic carbocycles. The summed E-state index contributed by atoms with van der Waals surface area (Å²) < 4.78 is 10.2. The molecule has 0 saturated carbocycles. The molecule has 17 heavy (non-hydrogen) atoms. The highest BCUT2D eigenvalue weighted by atomic mass is 16.7. The third-order valence-electron chi connectivity index (χ3n) is 2.52. The standard InChI is InChI=1S/C15H16O2/c1-16-12-17-15-9-7-14(8-10-15)11-13-5-3-2-4-6-13/h2-10H,11-12H2,1H3. The van der Waals surface area contributed by atoms with Crippen molar-refractivity contribution in [3.63, 3.8) is 0 Å². The molecule has 88 valence electrons. The van der Waals surface area contributed by atoms with Crippen LogP contribution in [0.15, 0.2) is 54.6 Å². The molecule has 2 aromatic carbocycles. The molecule has 0 bridgehead atoms. The molecule has 0 aliphatic rings. The van der Waals surface area contributed by atoms with Gasteiger partial charge in [-0.3, -0.25) is 0 Å². The zero-order valence-electron chi connectivity index (χ0n) is 9.93. The zero-order chi connectivity index (χ0) is 11.9. The highest BCUT2D eigenvalue weighted by Gasteiger charge is 1.97. The van der Waals surface area contributed by atoms with Crippen LogP contribution in [-0.2, 0) is 11.2 Å². The van der Waals surface area contributed by atoms with Gasteiger partial charge in [0, 0.05) is 7.11 Å². The largest absolute Gasteiger partial charge is 0.468 e. The molecule has 0 heterocycles. The maximum Gasteiger partial charge on any atom is 0.188 e. The lowest BCUT2D eigenvalue weighted by atomic mass is 10.1. The van der Waals surface area contributed by atoms with Crippen molar-refractivity contribution in [2.75, 3.05) is 13.9 Å². The number of benzene rings is 2. The fraction of sp³-hybridized carbons (Fsp3) is 0.200. The number of hydrogen-bond acceptors (Lipinski definition) is 2. The Labute approximate surface area is 102 Å². The van der Waals surface area contributed by atoms with Crippen molar-refractivity contribution < 1.29 is 9.47 Å². The van der Waals surface area contributed by atoms with Crippen LogP contribution in [0.5, 0.6) is 5.75 Å². The summed E-state index contributed by atoms with van der Waals surface area (Å²) in [5.41, 5.74) is 2.60. The van der Waals surface area contributed by atoms with Crippen LogP contribution in [-0.4, -0.2) is 13.9 Å². The van der Waals surface area contributed by atoms with E-state index in [-0.39, 0.29) is 6.79 Å². The predicted octanol–water partition coefficient (Wildman–Crippen LogP) is 3.26. The number of hydrogen-bond donors (Lipinski definition) is 0. The van der Waals surface area contributed by atoms with E-state index in [1.54, 1.807) is 7.11 Å². The summed E-state index contributed by atoms with van der Waals surface area (Å²) in [6, 6.07) is 18.5. The molecule has 0 spiro atoms. The molecule has 0 amide bonds. The third-order valence-corrected chi connectivity index (χ3v) is 2.52. The van der Waals surface area contributed by atoms with E-state index in [1.165, 1.54) is 11.1 Å². The summed E-state index contributed by atoms with van der Waals surface area (Å²) in [5, 5.41) is 0. The predicted molar refractivity (Wildman–Crippen MR) is 68.2 cm³/mol. The lowest BCUT2D eigenvalue weighted by Crippen LogP contribution is -1.98. The Hall–Kier alpha value is -1.80. The van der Waals surface area contributed by atoms with Gasteiger partial charge in [0.25, 0.3) is 0 Å². The van der Waals surface area contributed by atoms with Gasteiger partial charge in [0.2, 0.25) is 0 Å². The van der Waals surface area contributed by atoms with Crippen LogP contribution >= 0.6 is 0 Å². The van der Waals surface area contributed by atoms with Crippen molar-refractivity contribution in [1.82, 2.24) is 0 Å². The van der Waals surface area contributed by atoms with E-state index in [0.717, 1.165) is 12.2 Å². The van der Waals surface area contributed by atoms with Crippen LogP contribution in [0.4, 0.5) is 0 Å². The van der Waals surface area contributed by atoms with Gasteiger partial charge in [-0.25, -0.2) is 0 Å². The SMILES string of the molecule is COCOc1ccc(Cc2ccccc2)cc1. The molecule has 0 unspecified atom stereocenters. The van der Waals surface area contributed by atoms with Gasteiger partial charge in [-0.1, -0.05) is 42.5 Å². The van der Waals surface area contributed by atoms with Gasteiger partial charge in [-0.05, 0) is 29.7 Å². The van der Waals surface area contributed by atoms with Crippen molar-refractivity contribution in [2.24, 2.45) is 0 Å². The smallest absolute Gasteiger partial charge is 0.188 e. The summed E-state index contributed by atoms with van der Waals surface area (Å²) in [7, 11) is 1.61. The van der Waals surface area contributed by atoms with E-state index in [1.807, 2.05) is 18.2 Å². The highest BCUT2D eigenvalue weighted by molar-refractivity contribution is 5.31. The van der Waals surface area contributed by atoms with Crippen LogP contribution < -0.4 is 4.74 Å². The number of ether oxygens (including phenoxy) is 2. The normalized spacial score (nSPS) is 10.2. The van der Waals surface area contributed by atoms with Gasteiger partial charge in [-0.2, -0.15) is 0 Å². The number of methoxy groups -OCH3 is 1. The minimum absolute atomic E-state index is 0.290. The first kappa shape index (κ1) is 11.7. The summed E-state index contributed by atoms with van der Waals surface area (Å²) in [5.74, 6) is 0.837. The zero-order valence-corrected chi connectivity index (χ0v) is 9.93. The minimum Gasteiger partial charge on any atom is -0.468 e. The quantitative estimate of drug-likeness (QED) is 0.731. The van der Waals surface area contributed by atoms with Crippen molar-refractivity contribution in [3.8, 4) is 5.75 Å². The molecular weight excluding hydrogens is 212 g/mol. The first-order chi connectivity index (χ1) is 8.38. The first-order valence-electron chi connectivity index (χ1n) is 5.63. The molecular formula is C15H16O2. The fourth-order valence-electron chi connectivity index (χ4n) is 1.66. The van der Waals surface area contributed by atoms with E-state index >= 15 is 0 Å². The summed E-state index contributed by atoms with van der Waals surface area (Å²) >= 11 is 0. The Bertz CT molecular complexity index is 434. The Morgan fingerprint density at radius 3 is 2.12 bits per heavy atom. The molecule has 2 aromatic rings. The minimum atomic E-state index is 0.290. The van der Waals surface area contributed by atoms with Crippen molar-refractivity contribution >= 4 is 0 Å². The summed E-state index contributed by atoms with van der Waals surface area (Å²) in [6.45, 7) is 0.290. The second-order valence-electron chi connectivity index (χ2n) is 3.86. The molecule has 0 N–H and O–H groups in total. The molecule has 0 atom stereocenters. The lowest BCUT2D eigenvalue weighted by Gasteiger charge is -2.06. The highest BCUT2D eigenvalue weighted by Crippen LogP contribution is 2.15. The molecule has 0 aliphatic heterocycles. The van der Waals surface area contributed by atoms with Gasteiger partial charge in [0.1, 0.15) is 5.75 Å². The van der Waals surface area contributed by atoms with Crippen LogP contribution in [0.3, 0.4) is 0 Å². The van der Waals surface area contributed by atoms with Gasteiger partial charge in [-0.15, -0.1) is 0 Å². The van der Waals surface area contributed by atoms with Gasteiger partial charge in [0.05, 0.1) is 0 Å². The first-order valence-corrected chi connectivity index (χ1v) is 5.63. The van der Waals surface area contributed by atoms with Crippen molar-refractivity contribution in [2.45, 2.75) is 6.42 Å². The summed E-state index contributed by atoms with van der Waals surface area (Å²) in [4.78, 5) is 0. The Balaban J connectivity index is 1.98. The fourth-order valence-corrected chi connectivity index (χ4v) is 1.66. The average molecular weight is 228 g/mol. The van der Waals surface area contributed by atoms with E-state index in [0.29, 0.717) is 0 Å². The van der Waals surface area contributed by atoms with Gasteiger partial charge < -0.3 is 9.47 Å². The van der Waals surface area contributed by atoms with Crippen molar-refractivity contribution in [3.05, 3.63) is 65.7 Å². The molecule has 0 fully saturated rings. The van der Waals surface area contributed by atoms with Crippen LogP contribution in [0.1, 0.15) is 11.1 Å². The average Bonchev–Trinajstić information content (AvgIpc) is 2.39. The molecule has 0 aromatic heterocycles. The molecule has 2 rings (SSSR count). The number of rotatable bonds is 5. The van der Waals surface area contributed by atoms with Gasteiger partial charge in [0.15, 0.2) is 6.79 Å². The van der Waals surface area contributed by atoms with Gasteiger partial charge >= 0.3 is 0 Å². The maximum atomic E-state index is 5.34. The topological polar surface area (TPSA) is 18.5 Å².